The molecule has 0 saturated heterocycles. The van der Waals surface area contributed by atoms with Gasteiger partial charge in [0.1, 0.15) is 15.3 Å². The quantitative estimate of drug-likeness (QED) is 0.471. The molecule has 0 aliphatic rings. The third kappa shape index (κ3) is 2.32. The normalized spacial score (nSPS) is 11.5. The molecule has 0 saturated carbocycles. The van der Waals surface area contributed by atoms with Crippen molar-refractivity contribution in [2.24, 2.45) is 0 Å². The van der Waals surface area contributed by atoms with Crippen LogP contribution in [0.5, 0.6) is 0 Å². The first-order valence-corrected chi connectivity index (χ1v) is 6.60. The van der Waals surface area contributed by atoms with Gasteiger partial charge in [0.15, 0.2) is 0 Å². The molecule has 98 valence electrons. The van der Waals surface area contributed by atoms with E-state index in [1.807, 2.05) is 24.3 Å². The number of tetrazole rings is 1. The molecular weight excluding hydrogens is 371 g/mol. The number of aromatic nitrogens is 6. The number of H-pyrrole nitrogens is 2. The van der Waals surface area contributed by atoms with Crippen molar-refractivity contribution in [3.05, 3.63) is 33.9 Å². The number of benzene rings is 1. The number of halogens is 1. The second kappa shape index (κ2) is 5.25. The predicted molar refractivity (Wildman–Crippen MR) is 80.2 cm³/mol. The Kier molecular flexibility index (Phi) is 3.30. The van der Waals surface area contributed by atoms with Gasteiger partial charge in [-0.15, -0.1) is 10.2 Å². The van der Waals surface area contributed by atoms with E-state index in [9.17, 15) is 0 Å². The number of aromatic amines is 2. The molecule has 0 fully saturated rings. The third-order valence-corrected chi connectivity index (χ3v) is 3.42. The minimum Gasteiger partial charge on any atom is -0.360 e. The maximum Gasteiger partial charge on any atom is 0.216 e. The Balaban J connectivity index is 1.87. The number of nitrogens with zero attached hydrogens (tertiary/aromatic N) is 5. The minimum atomic E-state index is 0.246. The van der Waals surface area contributed by atoms with Gasteiger partial charge in [-0.1, -0.05) is 0 Å². The molecule has 2 heterocycles. The molecule has 3 N–H and O–H groups in total. The van der Waals surface area contributed by atoms with Gasteiger partial charge < -0.3 is 5.32 Å². The van der Waals surface area contributed by atoms with E-state index in [1.165, 1.54) is 6.20 Å². The maximum absolute atomic E-state index is 9.05. The van der Waals surface area contributed by atoms with Gasteiger partial charge in [0.05, 0.1) is 5.52 Å². The van der Waals surface area contributed by atoms with Crippen molar-refractivity contribution >= 4 is 44.8 Å². The summed E-state index contributed by atoms with van der Waals surface area (Å²) in [6.45, 7) is 0. The summed E-state index contributed by atoms with van der Waals surface area (Å²) in [7, 11) is 0. The number of rotatable bonds is 3. The molecule has 1 aromatic carbocycles. The average molecular weight is 378 g/mol. The van der Waals surface area contributed by atoms with E-state index in [0.29, 0.717) is 0 Å². The van der Waals surface area contributed by atoms with Crippen molar-refractivity contribution in [3.8, 4) is 6.07 Å². The molecule has 0 spiro atoms. The third-order valence-electron chi connectivity index (χ3n) is 2.60. The van der Waals surface area contributed by atoms with Crippen molar-refractivity contribution in [1.29, 1.82) is 5.26 Å². The number of nitriles is 1. The lowest BCUT2D eigenvalue weighted by atomic mass is 10.2. The number of anilines is 1. The molecule has 9 heteroatoms. The fraction of sp³-hybridized carbons (Fsp3) is 0. The zero-order valence-electron chi connectivity index (χ0n) is 9.92. The molecule has 8 nitrogen and oxygen atoms in total. The van der Waals surface area contributed by atoms with Crippen LogP contribution in [-0.4, -0.2) is 30.8 Å². The molecule has 3 aromatic rings. The lowest BCUT2D eigenvalue weighted by Crippen LogP contribution is -1.92. The summed E-state index contributed by atoms with van der Waals surface area (Å²) in [4.78, 5) is 0. The fourth-order valence-corrected chi connectivity index (χ4v) is 2.22. The van der Waals surface area contributed by atoms with E-state index in [0.717, 1.165) is 20.3 Å². The van der Waals surface area contributed by atoms with E-state index >= 15 is 0 Å². The van der Waals surface area contributed by atoms with Crippen LogP contribution in [0, 0.1) is 15.0 Å². The zero-order valence-corrected chi connectivity index (χ0v) is 12.1. The van der Waals surface area contributed by atoms with E-state index < -0.39 is 0 Å². The van der Waals surface area contributed by atoms with Gasteiger partial charge in [0.2, 0.25) is 5.82 Å². The highest BCUT2D eigenvalue weighted by molar-refractivity contribution is 14.1. The minimum absolute atomic E-state index is 0.246. The van der Waals surface area contributed by atoms with Gasteiger partial charge in [0.25, 0.3) is 0 Å². The van der Waals surface area contributed by atoms with Crippen molar-refractivity contribution in [3.63, 3.8) is 0 Å². The van der Waals surface area contributed by atoms with Crippen LogP contribution < -0.4 is 5.32 Å². The van der Waals surface area contributed by atoms with Crippen LogP contribution in [0.15, 0.2) is 24.4 Å². The van der Waals surface area contributed by atoms with Crippen LogP contribution in [0.3, 0.4) is 0 Å². The lowest BCUT2D eigenvalue weighted by Gasteiger charge is -2.00. The van der Waals surface area contributed by atoms with Gasteiger partial charge in [-0.2, -0.15) is 15.6 Å². The van der Waals surface area contributed by atoms with Crippen LogP contribution in [-0.2, 0) is 0 Å². The predicted octanol–water partition coefficient (Wildman–Crippen LogP) is 1.66. The van der Waals surface area contributed by atoms with Gasteiger partial charge in [-0.25, -0.2) is 0 Å². The van der Waals surface area contributed by atoms with Crippen LogP contribution in [0.4, 0.5) is 5.69 Å². The summed E-state index contributed by atoms with van der Waals surface area (Å²) in [6.07, 6.45) is 1.53. The summed E-state index contributed by atoms with van der Waals surface area (Å²) in [5.41, 5.74) is 1.96. The van der Waals surface area contributed by atoms with Gasteiger partial charge in [0, 0.05) is 17.3 Å². The Bertz CT molecular complexity index is 811. The Morgan fingerprint density at radius 2 is 2.30 bits per heavy atom. The first-order chi connectivity index (χ1) is 9.78. The molecule has 0 bridgehead atoms. The van der Waals surface area contributed by atoms with E-state index in [1.54, 1.807) is 0 Å². The van der Waals surface area contributed by atoms with Crippen molar-refractivity contribution in [2.45, 2.75) is 0 Å². The standard InChI is InChI=1S/C11H7IN8/c12-10-8-2-1-7(3-9(8)15-16-10)14-5-6(4-13)11-17-19-20-18-11/h1-3,5,14H,(H,15,16)(H,17,18,19,20). The molecule has 20 heavy (non-hydrogen) atoms. The molecule has 2 aromatic heterocycles. The van der Waals surface area contributed by atoms with Crippen LogP contribution in [0.25, 0.3) is 16.5 Å². The van der Waals surface area contributed by atoms with E-state index in [4.69, 9.17) is 5.26 Å². The smallest absolute Gasteiger partial charge is 0.216 e. The number of nitrogens with one attached hydrogen (secondary N) is 3. The fourth-order valence-electron chi connectivity index (χ4n) is 1.65. The highest BCUT2D eigenvalue weighted by Crippen LogP contribution is 2.21. The monoisotopic (exact) mass is 378 g/mol. The molecule has 0 aliphatic carbocycles. The summed E-state index contributed by atoms with van der Waals surface area (Å²) >= 11 is 2.19. The largest absolute Gasteiger partial charge is 0.360 e. The van der Waals surface area contributed by atoms with E-state index in [-0.39, 0.29) is 11.4 Å². The second-order valence-corrected chi connectivity index (χ2v) is 4.90. The Morgan fingerprint density at radius 3 is 3.05 bits per heavy atom. The average Bonchev–Trinajstić information content (AvgIpc) is 3.10. The van der Waals surface area contributed by atoms with Gasteiger partial charge in [-0.3, -0.25) is 5.10 Å². The number of hydrogen-bond donors (Lipinski definition) is 3. The zero-order chi connectivity index (χ0) is 13.9. The lowest BCUT2D eigenvalue weighted by molar-refractivity contribution is 0.881. The summed E-state index contributed by atoms with van der Waals surface area (Å²) in [6, 6.07) is 7.75. The molecule has 0 aliphatic heterocycles. The van der Waals surface area contributed by atoms with Gasteiger partial charge >= 0.3 is 0 Å². The summed E-state index contributed by atoms with van der Waals surface area (Å²) < 4.78 is 0.990. The van der Waals surface area contributed by atoms with Crippen LogP contribution >= 0.6 is 22.6 Å². The van der Waals surface area contributed by atoms with E-state index in [2.05, 4.69) is 58.7 Å². The summed E-state index contributed by atoms with van der Waals surface area (Å²) in [5, 5.41) is 33.5. The molecule has 0 atom stereocenters. The molecule has 3 rings (SSSR count). The number of hydrogen-bond acceptors (Lipinski definition) is 6. The highest BCUT2D eigenvalue weighted by atomic mass is 127. The topological polar surface area (TPSA) is 119 Å². The first-order valence-electron chi connectivity index (χ1n) is 5.52. The Labute approximate surface area is 126 Å². The number of fused-ring (bicyclic) bond motifs is 1. The first kappa shape index (κ1) is 12.5. The molecule has 0 radical (unpaired) electrons. The SMILES string of the molecule is N#CC(=CNc1ccc2c(I)[nH]nc2c1)c1nn[nH]n1. The molecular formula is C11H7IN8. The maximum atomic E-state index is 9.05. The Hall–Kier alpha value is -2.48. The molecule has 0 amide bonds. The van der Waals surface area contributed by atoms with Crippen molar-refractivity contribution in [2.75, 3.05) is 5.32 Å². The van der Waals surface area contributed by atoms with Gasteiger partial charge in [-0.05, 0) is 46.0 Å². The van der Waals surface area contributed by atoms with Crippen LogP contribution in [0.2, 0.25) is 0 Å². The Morgan fingerprint density at radius 1 is 1.40 bits per heavy atom. The van der Waals surface area contributed by atoms with Crippen molar-refractivity contribution in [1.82, 2.24) is 30.8 Å². The highest BCUT2D eigenvalue weighted by Gasteiger charge is 2.06. The summed E-state index contributed by atoms with van der Waals surface area (Å²) in [5.74, 6) is 0.246. The van der Waals surface area contributed by atoms with Crippen molar-refractivity contribution < 1.29 is 0 Å². The molecule has 0 unspecified atom stereocenters. The van der Waals surface area contributed by atoms with Crippen LogP contribution in [0.1, 0.15) is 5.82 Å². The second-order valence-electron chi connectivity index (χ2n) is 3.82. The number of allylic oxidation sites excluding steroid dienone is 1.